The van der Waals surface area contributed by atoms with Crippen molar-refractivity contribution >= 4 is 36.0 Å². The molecule has 0 rings (SSSR count). The molecule has 22 heavy (non-hydrogen) atoms. The minimum Gasteiger partial charge on any atom is -0.444 e. The lowest BCUT2D eigenvalue weighted by molar-refractivity contribution is 0.0529. The van der Waals surface area contributed by atoms with Crippen molar-refractivity contribution in [1.82, 2.24) is 16.0 Å². The number of alkyl carbamates (subject to hydrolysis) is 1. The van der Waals surface area contributed by atoms with E-state index in [4.69, 9.17) is 4.74 Å². The number of carbonyl (C=O) groups excluding carboxylic acids is 1. The van der Waals surface area contributed by atoms with Crippen LogP contribution in [0.15, 0.2) is 4.99 Å². The fourth-order valence-electron chi connectivity index (χ4n) is 1.70. The maximum Gasteiger partial charge on any atom is 0.407 e. The number of hydrogen-bond acceptors (Lipinski definition) is 3. The maximum absolute atomic E-state index is 11.5. The van der Waals surface area contributed by atoms with Crippen molar-refractivity contribution in [3.63, 3.8) is 0 Å². The van der Waals surface area contributed by atoms with Crippen molar-refractivity contribution in [2.45, 2.75) is 53.1 Å². The van der Waals surface area contributed by atoms with E-state index in [9.17, 15) is 4.79 Å². The fraction of sp³-hybridized carbons (Fsp3) is 0.867. The zero-order valence-electron chi connectivity index (χ0n) is 14.8. The molecule has 0 heterocycles. The topological polar surface area (TPSA) is 74.8 Å². The number of aliphatic imine (C=N–C) groups is 1. The first-order valence-corrected chi connectivity index (χ1v) is 7.73. The number of rotatable bonds is 7. The van der Waals surface area contributed by atoms with Crippen LogP contribution in [0.3, 0.4) is 0 Å². The van der Waals surface area contributed by atoms with Crippen LogP contribution >= 0.6 is 24.0 Å². The van der Waals surface area contributed by atoms with Crippen LogP contribution in [-0.4, -0.2) is 44.3 Å². The van der Waals surface area contributed by atoms with Crippen LogP contribution in [-0.2, 0) is 4.74 Å². The van der Waals surface area contributed by atoms with E-state index in [-0.39, 0.29) is 24.0 Å². The fourth-order valence-corrected chi connectivity index (χ4v) is 1.70. The van der Waals surface area contributed by atoms with Gasteiger partial charge >= 0.3 is 6.09 Å². The second kappa shape index (κ2) is 12.8. The first-order chi connectivity index (χ1) is 9.82. The van der Waals surface area contributed by atoms with Crippen LogP contribution < -0.4 is 16.0 Å². The van der Waals surface area contributed by atoms with Gasteiger partial charge in [-0.1, -0.05) is 26.7 Å². The predicted molar refractivity (Wildman–Crippen MR) is 103 cm³/mol. The Kier molecular flexibility index (Phi) is 13.7. The van der Waals surface area contributed by atoms with Gasteiger partial charge in [0.2, 0.25) is 0 Å². The SMILES string of the molecule is CCC(CC)CNC(=NC)NCCNC(=O)OC(C)(C)C.I. The maximum atomic E-state index is 11.5. The summed E-state index contributed by atoms with van der Waals surface area (Å²) in [5.74, 6) is 1.41. The van der Waals surface area contributed by atoms with Gasteiger partial charge in [0, 0.05) is 26.7 Å². The van der Waals surface area contributed by atoms with Crippen LogP contribution in [0.1, 0.15) is 47.5 Å². The number of halogens is 1. The highest BCUT2D eigenvalue weighted by Crippen LogP contribution is 2.06. The van der Waals surface area contributed by atoms with Gasteiger partial charge in [0.25, 0.3) is 0 Å². The van der Waals surface area contributed by atoms with Crippen molar-refractivity contribution in [1.29, 1.82) is 0 Å². The molecule has 0 radical (unpaired) electrons. The van der Waals surface area contributed by atoms with Gasteiger partial charge in [0.15, 0.2) is 5.96 Å². The lowest BCUT2D eigenvalue weighted by atomic mass is 10.0. The molecule has 0 aromatic rings. The minimum atomic E-state index is -0.468. The van der Waals surface area contributed by atoms with Gasteiger partial charge in [-0.25, -0.2) is 4.79 Å². The third-order valence-electron chi connectivity index (χ3n) is 3.02. The Bertz CT molecular complexity index is 326. The molecular formula is C15H33IN4O2. The molecule has 0 aliphatic carbocycles. The van der Waals surface area contributed by atoms with Crippen LogP contribution in [0.5, 0.6) is 0 Å². The van der Waals surface area contributed by atoms with Crippen molar-refractivity contribution < 1.29 is 9.53 Å². The lowest BCUT2D eigenvalue weighted by Crippen LogP contribution is -2.43. The molecule has 1 amide bonds. The molecular weight excluding hydrogens is 395 g/mol. The van der Waals surface area contributed by atoms with Gasteiger partial charge < -0.3 is 20.7 Å². The summed E-state index contributed by atoms with van der Waals surface area (Å²) in [6, 6.07) is 0. The van der Waals surface area contributed by atoms with E-state index < -0.39 is 11.7 Å². The monoisotopic (exact) mass is 428 g/mol. The summed E-state index contributed by atoms with van der Waals surface area (Å²) in [6.45, 7) is 11.9. The van der Waals surface area contributed by atoms with E-state index in [2.05, 4.69) is 34.8 Å². The second-order valence-electron chi connectivity index (χ2n) is 5.99. The van der Waals surface area contributed by atoms with E-state index in [0.29, 0.717) is 19.0 Å². The molecule has 7 heteroatoms. The van der Waals surface area contributed by atoms with E-state index in [1.807, 2.05) is 20.8 Å². The highest BCUT2D eigenvalue weighted by Gasteiger charge is 2.15. The third kappa shape index (κ3) is 13.0. The van der Waals surface area contributed by atoms with Crippen LogP contribution in [0.4, 0.5) is 4.79 Å². The van der Waals surface area contributed by atoms with E-state index >= 15 is 0 Å². The van der Waals surface area contributed by atoms with E-state index in [0.717, 1.165) is 25.3 Å². The molecule has 0 aliphatic rings. The Balaban J connectivity index is 0. The van der Waals surface area contributed by atoms with Gasteiger partial charge in [-0.05, 0) is 26.7 Å². The zero-order chi connectivity index (χ0) is 16.3. The van der Waals surface area contributed by atoms with Gasteiger partial charge in [0.05, 0.1) is 0 Å². The average molecular weight is 428 g/mol. The first kappa shape index (κ1) is 23.5. The Hall–Kier alpha value is -0.730. The smallest absolute Gasteiger partial charge is 0.407 e. The molecule has 132 valence electrons. The van der Waals surface area contributed by atoms with E-state index in [1.165, 1.54) is 0 Å². The molecule has 0 aromatic heterocycles. The lowest BCUT2D eigenvalue weighted by Gasteiger charge is -2.20. The quantitative estimate of drug-likeness (QED) is 0.252. The summed E-state index contributed by atoms with van der Waals surface area (Å²) in [4.78, 5) is 15.6. The zero-order valence-corrected chi connectivity index (χ0v) is 17.1. The third-order valence-corrected chi connectivity index (χ3v) is 3.02. The summed E-state index contributed by atoms with van der Waals surface area (Å²) in [5.41, 5.74) is -0.468. The minimum absolute atomic E-state index is 0. The Morgan fingerprint density at radius 1 is 1.09 bits per heavy atom. The van der Waals surface area contributed by atoms with Crippen LogP contribution in [0.2, 0.25) is 0 Å². The van der Waals surface area contributed by atoms with Gasteiger partial charge in [-0.15, -0.1) is 24.0 Å². The number of guanidine groups is 1. The number of amides is 1. The van der Waals surface area contributed by atoms with Gasteiger partial charge in [0.1, 0.15) is 5.60 Å². The van der Waals surface area contributed by atoms with Crippen molar-refractivity contribution in [2.75, 3.05) is 26.7 Å². The standard InChI is InChI=1S/C15H32N4O2.HI/c1-7-12(8-2)11-19-13(16-6)17-9-10-18-14(20)21-15(3,4)5;/h12H,7-11H2,1-6H3,(H,18,20)(H2,16,17,19);1H. The van der Waals surface area contributed by atoms with Crippen LogP contribution in [0.25, 0.3) is 0 Å². The van der Waals surface area contributed by atoms with Gasteiger partial charge in [-0.3, -0.25) is 4.99 Å². The Labute approximate surface area is 152 Å². The van der Waals surface area contributed by atoms with E-state index in [1.54, 1.807) is 7.05 Å². The normalized spacial score (nSPS) is 11.7. The number of nitrogens with zero attached hydrogens (tertiary/aromatic N) is 1. The summed E-state index contributed by atoms with van der Waals surface area (Å²) < 4.78 is 5.16. The number of ether oxygens (including phenoxy) is 1. The molecule has 0 atom stereocenters. The molecule has 0 bridgehead atoms. The largest absolute Gasteiger partial charge is 0.444 e. The Morgan fingerprint density at radius 3 is 2.09 bits per heavy atom. The predicted octanol–water partition coefficient (Wildman–Crippen LogP) is 2.73. The number of hydrogen-bond donors (Lipinski definition) is 3. The van der Waals surface area contributed by atoms with Crippen molar-refractivity contribution in [3.05, 3.63) is 0 Å². The van der Waals surface area contributed by atoms with Gasteiger partial charge in [-0.2, -0.15) is 0 Å². The molecule has 0 unspecified atom stereocenters. The first-order valence-electron chi connectivity index (χ1n) is 7.73. The van der Waals surface area contributed by atoms with Crippen LogP contribution in [0, 0.1) is 5.92 Å². The molecule has 3 N–H and O–H groups in total. The summed E-state index contributed by atoms with van der Waals surface area (Å²) in [7, 11) is 1.74. The molecule has 0 saturated carbocycles. The molecule has 0 saturated heterocycles. The Morgan fingerprint density at radius 2 is 1.64 bits per heavy atom. The number of carbonyl (C=O) groups is 1. The molecule has 0 aliphatic heterocycles. The highest BCUT2D eigenvalue weighted by atomic mass is 127. The summed E-state index contributed by atoms with van der Waals surface area (Å²) in [5, 5.41) is 9.15. The molecule has 0 spiro atoms. The molecule has 0 aromatic carbocycles. The summed E-state index contributed by atoms with van der Waals surface area (Å²) >= 11 is 0. The van der Waals surface area contributed by atoms with Crippen molar-refractivity contribution in [2.24, 2.45) is 10.9 Å². The molecule has 0 fully saturated rings. The number of nitrogens with one attached hydrogen (secondary N) is 3. The van der Waals surface area contributed by atoms with Crippen molar-refractivity contribution in [3.8, 4) is 0 Å². The molecule has 6 nitrogen and oxygen atoms in total. The summed E-state index contributed by atoms with van der Waals surface area (Å²) in [6.07, 6.45) is 1.91. The highest BCUT2D eigenvalue weighted by molar-refractivity contribution is 14.0. The average Bonchev–Trinajstić information content (AvgIpc) is 2.40. The second-order valence-corrected chi connectivity index (χ2v) is 5.99.